The molecule has 1 atom stereocenters. The number of fused-ring (bicyclic) bond motifs is 1. The maximum absolute atomic E-state index is 5.76. The van der Waals surface area contributed by atoms with E-state index in [2.05, 4.69) is 17.9 Å². The summed E-state index contributed by atoms with van der Waals surface area (Å²) in [4.78, 5) is 0. The average molecular weight is 215 g/mol. The van der Waals surface area contributed by atoms with Crippen molar-refractivity contribution in [2.45, 2.75) is 32.2 Å². The highest BCUT2D eigenvalue weighted by Crippen LogP contribution is 2.25. The molecular formula is C14H17NO. The van der Waals surface area contributed by atoms with Crippen LogP contribution in [0, 0.1) is 11.8 Å². The molecule has 0 spiro atoms. The van der Waals surface area contributed by atoms with Gasteiger partial charge in [0.1, 0.15) is 5.75 Å². The maximum atomic E-state index is 5.76. The molecule has 0 radical (unpaired) electrons. The number of benzene rings is 1. The molecule has 0 saturated carbocycles. The second-order valence-corrected chi connectivity index (χ2v) is 4.06. The highest BCUT2D eigenvalue weighted by atomic mass is 16.5. The lowest BCUT2D eigenvalue weighted by molar-refractivity contribution is 0.288. The van der Waals surface area contributed by atoms with E-state index >= 15 is 0 Å². The first-order chi connectivity index (χ1) is 7.79. The first-order valence-corrected chi connectivity index (χ1v) is 5.82. The van der Waals surface area contributed by atoms with E-state index in [1.54, 1.807) is 0 Å². The molecule has 0 fully saturated rings. The normalized spacial score (nSPS) is 15.4. The molecule has 1 aromatic rings. The van der Waals surface area contributed by atoms with E-state index in [9.17, 15) is 0 Å². The first-order valence-electron chi connectivity index (χ1n) is 5.82. The van der Waals surface area contributed by atoms with Gasteiger partial charge in [-0.1, -0.05) is 18.8 Å². The van der Waals surface area contributed by atoms with E-state index in [0.717, 1.165) is 37.2 Å². The Morgan fingerprint density at radius 2 is 2.38 bits per heavy atom. The Balaban J connectivity index is 2.19. The van der Waals surface area contributed by atoms with Crippen LogP contribution >= 0.6 is 0 Å². The first kappa shape index (κ1) is 11.0. The van der Waals surface area contributed by atoms with Gasteiger partial charge < -0.3 is 10.5 Å². The van der Waals surface area contributed by atoms with Gasteiger partial charge in [0.2, 0.25) is 0 Å². The molecule has 0 aliphatic carbocycles. The van der Waals surface area contributed by atoms with Gasteiger partial charge in [0.25, 0.3) is 0 Å². The summed E-state index contributed by atoms with van der Waals surface area (Å²) >= 11 is 0. The Bertz CT molecular complexity index is 428. The lowest BCUT2D eigenvalue weighted by Crippen LogP contribution is -2.15. The fraction of sp³-hybridized carbons (Fsp3) is 0.429. The zero-order chi connectivity index (χ0) is 11.4. The summed E-state index contributed by atoms with van der Waals surface area (Å²) in [6.45, 7) is 2.87. The largest absolute Gasteiger partial charge is 0.493 e. The number of hydrogen-bond acceptors (Lipinski definition) is 2. The van der Waals surface area contributed by atoms with Crippen molar-refractivity contribution in [2.75, 3.05) is 6.61 Å². The summed E-state index contributed by atoms with van der Waals surface area (Å²) in [5.74, 6) is 7.17. The molecule has 0 aromatic heterocycles. The van der Waals surface area contributed by atoms with Gasteiger partial charge >= 0.3 is 0 Å². The highest BCUT2D eigenvalue weighted by Gasteiger charge is 2.09. The summed E-state index contributed by atoms with van der Waals surface area (Å²) < 4.78 is 5.55. The molecule has 1 aliphatic heterocycles. The minimum absolute atomic E-state index is 0.0210. The predicted octanol–water partition coefficient (Wildman–Crippen LogP) is 2.10. The van der Waals surface area contributed by atoms with Crippen molar-refractivity contribution in [3.05, 3.63) is 29.3 Å². The molecule has 1 heterocycles. The summed E-state index contributed by atoms with van der Waals surface area (Å²) in [6, 6.07) is 6.10. The van der Waals surface area contributed by atoms with Gasteiger partial charge in [-0.05, 0) is 43.0 Å². The van der Waals surface area contributed by atoms with Gasteiger partial charge in [0.05, 0.1) is 12.6 Å². The van der Waals surface area contributed by atoms with Crippen LogP contribution in [0.5, 0.6) is 5.75 Å². The van der Waals surface area contributed by atoms with E-state index in [-0.39, 0.29) is 6.04 Å². The molecule has 0 saturated heterocycles. The highest BCUT2D eigenvalue weighted by molar-refractivity contribution is 5.45. The van der Waals surface area contributed by atoms with E-state index < -0.39 is 0 Å². The zero-order valence-electron chi connectivity index (χ0n) is 9.62. The summed E-state index contributed by atoms with van der Waals surface area (Å²) in [7, 11) is 0. The fourth-order valence-electron chi connectivity index (χ4n) is 1.72. The second-order valence-electron chi connectivity index (χ2n) is 4.06. The number of nitrogens with two attached hydrogens (primary N) is 1. The topological polar surface area (TPSA) is 35.2 Å². The lowest BCUT2D eigenvalue weighted by Gasteiger charge is -2.16. The van der Waals surface area contributed by atoms with E-state index in [1.807, 2.05) is 19.1 Å². The number of ether oxygens (including phenoxy) is 1. The van der Waals surface area contributed by atoms with Crippen LogP contribution in [-0.2, 0) is 6.42 Å². The van der Waals surface area contributed by atoms with Gasteiger partial charge in [-0.25, -0.2) is 0 Å². The Labute approximate surface area is 96.8 Å². The molecule has 1 aromatic carbocycles. The molecule has 1 aliphatic rings. The van der Waals surface area contributed by atoms with Crippen molar-refractivity contribution in [1.82, 2.24) is 0 Å². The third kappa shape index (κ3) is 2.56. The second kappa shape index (κ2) is 5.05. The standard InChI is InChI=1S/C14H17NO/c1-2-13(15)7-5-11-6-8-14-12(10-11)4-3-9-16-14/h6,8,10,13H,2-4,9,15H2,1H3. The maximum Gasteiger partial charge on any atom is 0.122 e. The van der Waals surface area contributed by atoms with Crippen LogP contribution in [0.4, 0.5) is 0 Å². The number of rotatable bonds is 1. The quantitative estimate of drug-likeness (QED) is 0.728. The Hall–Kier alpha value is -1.46. The van der Waals surface area contributed by atoms with E-state index in [4.69, 9.17) is 10.5 Å². The average Bonchev–Trinajstić information content (AvgIpc) is 2.35. The lowest BCUT2D eigenvalue weighted by atomic mass is 10.0. The Morgan fingerprint density at radius 1 is 1.50 bits per heavy atom. The number of hydrogen-bond donors (Lipinski definition) is 1. The smallest absolute Gasteiger partial charge is 0.122 e. The predicted molar refractivity (Wildman–Crippen MR) is 65.4 cm³/mol. The van der Waals surface area contributed by atoms with Crippen molar-refractivity contribution in [2.24, 2.45) is 5.73 Å². The molecule has 1 unspecified atom stereocenters. The monoisotopic (exact) mass is 215 g/mol. The molecular weight excluding hydrogens is 198 g/mol. The van der Waals surface area contributed by atoms with Gasteiger partial charge in [0.15, 0.2) is 0 Å². The van der Waals surface area contributed by atoms with E-state index in [0.29, 0.717) is 0 Å². The summed E-state index contributed by atoms with van der Waals surface area (Å²) in [5, 5.41) is 0. The minimum Gasteiger partial charge on any atom is -0.493 e. The van der Waals surface area contributed by atoms with Crippen LogP contribution in [0.15, 0.2) is 18.2 Å². The van der Waals surface area contributed by atoms with Crippen molar-refractivity contribution in [1.29, 1.82) is 0 Å². The molecule has 2 N–H and O–H groups in total. The van der Waals surface area contributed by atoms with Crippen LogP contribution in [0.3, 0.4) is 0 Å². The van der Waals surface area contributed by atoms with Crippen LogP contribution in [0.1, 0.15) is 30.9 Å². The molecule has 2 nitrogen and oxygen atoms in total. The third-order valence-corrected chi connectivity index (χ3v) is 2.75. The Kier molecular flexibility index (Phi) is 3.48. The van der Waals surface area contributed by atoms with E-state index in [1.165, 1.54) is 5.56 Å². The molecule has 0 bridgehead atoms. The zero-order valence-corrected chi connectivity index (χ0v) is 9.62. The molecule has 16 heavy (non-hydrogen) atoms. The van der Waals surface area contributed by atoms with Crippen molar-refractivity contribution >= 4 is 0 Å². The summed E-state index contributed by atoms with van der Waals surface area (Å²) in [5.41, 5.74) is 8.06. The minimum atomic E-state index is -0.0210. The SMILES string of the molecule is CCC(N)C#Cc1ccc2c(c1)CCCO2. The molecule has 84 valence electrons. The van der Waals surface area contributed by atoms with Gasteiger partial charge in [-0.3, -0.25) is 0 Å². The van der Waals surface area contributed by atoms with Gasteiger partial charge in [-0.2, -0.15) is 0 Å². The van der Waals surface area contributed by atoms with Crippen molar-refractivity contribution < 1.29 is 4.74 Å². The summed E-state index contributed by atoms with van der Waals surface area (Å²) in [6.07, 6.45) is 3.07. The van der Waals surface area contributed by atoms with Crippen LogP contribution in [0.2, 0.25) is 0 Å². The fourth-order valence-corrected chi connectivity index (χ4v) is 1.72. The van der Waals surface area contributed by atoms with Crippen molar-refractivity contribution in [3.8, 4) is 17.6 Å². The van der Waals surface area contributed by atoms with Crippen LogP contribution in [0.25, 0.3) is 0 Å². The molecule has 2 rings (SSSR count). The number of aryl methyl sites for hydroxylation is 1. The molecule has 2 heteroatoms. The van der Waals surface area contributed by atoms with Crippen LogP contribution < -0.4 is 10.5 Å². The molecule has 0 amide bonds. The van der Waals surface area contributed by atoms with Crippen molar-refractivity contribution in [3.63, 3.8) is 0 Å². The van der Waals surface area contributed by atoms with Gasteiger partial charge in [-0.15, -0.1) is 0 Å². The Morgan fingerprint density at radius 3 is 3.19 bits per heavy atom. The van der Waals surface area contributed by atoms with Gasteiger partial charge in [0, 0.05) is 5.56 Å². The third-order valence-electron chi connectivity index (χ3n) is 2.75. The van der Waals surface area contributed by atoms with Crippen LogP contribution in [-0.4, -0.2) is 12.6 Å².